The van der Waals surface area contributed by atoms with Crippen LogP contribution in [0, 0.1) is 0 Å². The molecule has 1 aliphatic rings. The highest BCUT2D eigenvalue weighted by Gasteiger charge is 2.33. The van der Waals surface area contributed by atoms with Crippen LogP contribution in [-0.2, 0) is 13.0 Å². The van der Waals surface area contributed by atoms with Gasteiger partial charge >= 0.3 is 6.03 Å². The third-order valence-electron chi connectivity index (χ3n) is 5.09. The van der Waals surface area contributed by atoms with Gasteiger partial charge in [-0.05, 0) is 41.8 Å². The molecule has 0 fully saturated rings. The number of nitrogens with zero attached hydrogens (tertiary/aromatic N) is 2. The first-order valence-electron chi connectivity index (χ1n) is 9.32. The predicted molar refractivity (Wildman–Crippen MR) is 113 cm³/mol. The van der Waals surface area contributed by atoms with Crippen LogP contribution >= 0.6 is 23.2 Å². The Morgan fingerprint density at radius 1 is 1.04 bits per heavy atom. The topological polar surface area (TPSA) is 37.3 Å². The summed E-state index contributed by atoms with van der Waals surface area (Å²) in [5, 5.41) is 4.21. The van der Waals surface area contributed by atoms with Crippen molar-refractivity contribution >= 4 is 29.2 Å². The first-order chi connectivity index (χ1) is 13.6. The second-order valence-corrected chi connectivity index (χ2v) is 7.70. The van der Waals surface area contributed by atoms with E-state index in [-0.39, 0.29) is 12.1 Å². The van der Waals surface area contributed by atoms with Gasteiger partial charge in [0.2, 0.25) is 0 Å². The van der Waals surface area contributed by atoms with Crippen molar-refractivity contribution in [3.63, 3.8) is 0 Å². The molecule has 2 heterocycles. The van der Waals surface area contributed by atoms with Gasteiger partial charge in [0.1, 0.15) is 6.04 Å². The number of carbonyl (C=O) groups is 1. The zero-order valence-electron chi connectivity index (χ0n) is 15.3. The number of halogens is 2. The minimum Gasteiger partial charge on any atom is -0.348 e. The van der Waals surface area contributed by atoms with E-state index in [0.29, 0.717) is 23.1 Å². The van der Waals surface area contributed by atoms with Crippen molar-refractivity contribution in [1.29, 1.82) is 0 Å². The van der Waals surface area contributed by atoms with Crippen molar-refractivity contribution < 1.29 is 4.79 Å². The molecule has 2 amide bonds. The molecule has 4 nitrogen and oxygen atoms in total. The monoisotopic (exact) mass is 413 g/mol. The summed E-state index contributed by atoms with van der Waals surface area (Å²) < 4.78 is 2.17. The summed E-state index contributed by atoms with van der Waals surface area (Å²) in [7, 11) is 0. The van der Waals surface area contributed by atoms with Gasteiger partial charge in [0.15, 0.2) is 0 Å². The molecule has 3 aromatic rings. The van der Waals surface area contributed by atoms with Crippen LogP contribution < -0.4 is 5.32 Å². The van der Waals surface area contributed by atoms with Gasteiger partial charge in [-0.15, -0.1) is 0 Å². The van der Waals surface area contributed by atoms with Crippen LogP contribution in [-0.4, -0.2) is 28.6 Å². The minimum absolute atomic E-state index is 0.0839. The number of nitrogens with one attached hydrogen (secondary N) is 1. The second-order valence-electron chi connectivity index (χ2n) is 6.86. The zero-order chi connectivity index (χ0) is 19.5. The summed E-state index contributed by atoms with van der Waals surface area (Å²) in [6, 6.07) is 19.3. The van der Waals surface area contributed by atoms with Gasteiger partial charge in [0.05, 0.1) is 0 Å². The molecule has 0 saturated heterocycles. The standard InChI is InChI=1S/C22H21Cl2N3O/c23-17-8-9-18(19(24)15-17)21-20-7-4-12-26(20)13-14-27(21)22(28)25-11-10-16-5-2-1-3-6-16/h1-9,12,15,21H,10-11,13-14H2,(H,25,28). The largest absolute Gasteiger partial charge is 0.348 e. The fourth-order valence-corrected chi connectivity index (χ4v) is 4.22. The number of benzene rings is 2. The molecule has 0 saturated carbocycles. The molecule has 144 valence electrons. The maximum atomic E-state index is 13.0. The molecule has 1 N–H and O–H groups in total. The number of hydrogen-bond acceptors (Lipinski definition) is 1. The van der Waals surface area contributed by atoms with E-state index in [9.17, 15) is 4.79 Å². The van der Waals surface area contributed by atoms with E-state index >= 15 is 0 Å². The van der Waals surface area contributed by atoms with Crippen LogP contribution in [0.4, 0.5) is 4.79 Å². The molecule has 0 spiro atoms. The van der Waals surface area contributed by atoms with E-state index in [4.69, 9.17) is 23.2 Å². The lowest BCUT2D eigenvalue weighted by molar-refractivity contribution is 0.169. The fraction of sp³-hybridized carbons (Fsp3) is 0.227. The van der Waals surface area contributed by atoms with E-state index in [1.807, 2.05) is 53.6 Å². The van der Waals surface area contributed by atoms with E-state index in [0.717, 1.165) is 24.2 Å². The number of fused-ring (bicyclic) bond motifs is 1. The lowest BCUT2D eigenvalue weighted by Gasteiger charge is -2.37. The van der Waals surface area contributed by atoms with Crippen molar-refractivity contribution in [2.45, 2.75) is 19.0 Å². The Morgan fingerprint density at radius 2 is 1.86 bits per heavy atom. The molecule has 6 heteroatoms. The summed E-state index contributed by atoms with van der Waals surface area (Å²) in [6.45, 7) is 1.96. The van der Waals surface area contributed by atoms with E-state index < -0.39 is 0 Å². The fourth-order valence-electron chi connectivity index (χ4n) is 3.71. The first-order valence-corrected chi connectivity index (χ1v) is 10.1. The summed E-state index contributed by atoms with van der Waals surface area (Å²) in [5.41, 5.74) is 3.13. The molecule has 4 rings (SSSR count). The number of aromatic nitrogens is 1. The van der Waals surface area contributed by atoms with Crippen LogP contribution in [0.2, 0.25) is 10.0 Å². The van der Waals surface area contributed by atoms with Crippen LogP contribution in [0.25, 0.3) is 0 Å². The van der Waals surface area contributed by atoms with E-state index in [2.05, 4.69) is 22.0 Å². The highest BCUT2D eigenvalue weighted by atomic mass is 35.5. The van der Waals surface area contributed by atoms with Gasteiger partial charge in [-0.1, -0.05) is 59.6 Å². The van der Waals surface area contributed by atoms with Gasteiger partial charge in [0, 0.05) is 41.6 Å². The van der Waals surface area contributed by atoms with Crippen molar-refractivity contribution in [2.75, 3.05) is 13.1 Å². The van der Waals surface area contributed by atoms with Crippen molar-refractivity contribution in [3.8, 4) is 0 Å². The maximum absolute atomic E-state index is 13.0. The predicted octanol–water partition coefficient (Wildman–Crippen LogP) is 5.15. The summed E-state index contributed by atoms with van der Waals surface area (Å²) in [4.78, 5) is 14.9. The van der Waals surface area contributed by atoms with Gasteiger partial charge in [-0.25, -0.2) is 4.79 Å². The van der Waals surface area contributed by atoms with Crippen LogP contribution in [0.1, 0.15) is 22.9 Å². The lowest BCUT2D eigenvalue weighted by atomic mass is 10.00. The quantitative estimate of drug-likeness (QED) is 0.630. The van der Waals surface area contributed by atoms with E-state index in [1.54, 1.807) is 6.07 Å². The number of carbonyl (C=O) groups excluding carboxylic acids is 1. The van der Waals surface area contributed by atoms with Gasteiger partial charge in [0.25, 0.3) is 0 Å². The number of rotatable bonds is 4. The van der Waals surface area contributed by atoms with Crippen LogP contribution in [0.15, 0.2) is 66.9 Å². The maximum Gasteiger partial charge on any atom is 0.318 e. The molecule has 1 aliphatic heterocycles. The number of hydrogen-bond donors (Lipinski definition) is 1. The summed E-state index contributed by atoms with van der Waals surface area (Å²) in [6.07, 6.45) is 2.83. The summed E-state index contributed by atoms with van der Waals surface area (Å²) >= 11 is 12.6. The third kappa shape index (κ3) is 3.89. The SMILES string of the molecule is O=C(NCCc1ccccc1)N1CCn2cccc2C1c1ccc(Cl)cc1Cl. The summed E-state index contributed by atoms with van der Waals surface area (Å²) in [5.74, 6) is 0. The highest BCUT2D eigenvalue weighted by Crippen LogP contribution is 2.37. The molecule has 1 atom stereocenters. The first kappa shape index (κ1) is 18.9. The molecule has 2 aromatic carbocycles. The van der Waals surface area contributed by atoms with Gasteiger partial charge in [-0.3, -0.25) is 0 Å². The van der Waals surface area contributed by atoms with Crippen molar-refractivity contribution in [2.24, 2.45) is 0 Å². The number of amides is 2. The molecule has 0 aliphatic carbocycles. The average Bonchev–Trinajstić information content (AvgIpc) is 3.17. The third-order valence-corrected chi connectivity index (χ3v) is 5.65. The second kappa shape index (κ2) is 8.29. The van der Waals surface area contributed by atoms with Crippen LogP contribution in [0.3, 0.4) is 0 Å². The molecule has 0 radical (unpaired) electrons. The Labute approximate surface area is 174 Å². The van der Waals surface area contributed by atoms with E-state index in [1.165, 1.54) is 5.56 Å². The Balaban J connectivity index is 1.55. The Bertz CT molecular complexity index is 971. The molecular formula is C22H21Cl2N3O. The van der Waals surface area contributed by atoms with Crippen molar-refractivity contribution in [1.82, 2.24) is 14.8 Å². The smallest absolute Gasteiger partial charge is 0.318 e. The molecule has 0 bridgehead atoms. The molecule has 28 heavy (non-hydrogen) atoms. The van der Waals surface area contributed by atoms with Crippen LogP contribution in [0.5, 0.6) is 0 Å². The van der Waals surface area contributed by atoms with Crippen molar-refractivity contribution in [3.05, 3.63) is 93.7 Å². The normalized spacial score (nSPS) is 15.9. The lowest BCUT2D eigenvalue weighted by Crippen LogP contribution is -2.47. The Hall–Kier alpha value is -2.43. The average molecular weight is 414 g/mol. The zero-order valence-corrected chi connectivity index (χ0v) is 16.8. The Kier molecular flexibility index (Phi) is 5.60. The molecular weight excluding hydrogens is 393 g/mol. The highest BCUT2D eigenvalue weighted by molar-refractivity contribution is 6.35. The van der Waals surface area contributed by atoms with Gasteiger partial charge < -0.3 is 14.8 Å². The molecule has 1 aromatic heterocycles. The number of urea groups is 1. The molecule has 1 unspecified atom stereocenters. The minimum atomic E-state index is -0.245. The Morgan fingerprint density at radius 3 is 2.64 bits per heavy atom. The van der Waals surface area contributed by atoms with Gasteiger partial charge in [-0.2, -0.15) is 0 Å².